The van der Waals surface area contributed by atoms with Crippen molar-refractivity contribution in [2.75, 3.05) is 0 Å². The molecule has 1 amide bonds. The van der Waals surface area contributed by atoms with Crippen molar-refractivity contribution < 1.29 is 14.3 Å². The molecule has 0 saturated carbocycles. The Morgan fingerprint density at radius 3 is 3.20 bits per heavy atom. The third kappa shape index (κ3) is 1.77. The zero-order chi connectivity index (χ0) is 7.40. The molecule has 0 aromatic carbocycles. The lowest BCUT2D eigenvalue weighted by Crippen LogP contribution is -2.19. The summed E-state index contributed by atoms with van der Waals surface area (Å²) in [6, 6.07) is 0. The molecular formula is C5H6N2O3. The van der Waals surface area contributed by atoms with Crippen LogP contribution in [0.4, 0.5) is 4.79 Å². The van der Waals surface area contributed by atoms with Gasteiger partial charge in [0.05, 0.1) is 12.2 Å². The second-order valence-corrected chi connectivity index (χ2v) is 1.64. The van der Waals surface area contributed by atoms with Crippen LogP contribution in [-0.2, 0) is 6.54 Å². The number of oxazole rings is 1. The molecule has 10 heavy (non-hydrogen) atoms. The van der Waals surface area contributed by atoms with Gasteiger partial charge in [-0.05, 0) is 0 Å². The summed E-state index contributed by atoms with van der Waals surface area (Å²) < 4.78 is 4.60. The van der Waals surface area contributed by atoms with Crippen LogP contribution in [0.3, 0.4) is 0 Å². The number of hydrogen-bond donors (Lipinski definition) is 2. The third-order valence-electron chi connectivity index (χ3n) is 0.904. The van der Waals surface area contributed by atoms with E-state index >= 15 is 0 Å². The molecule has 0 spiro atoms. The topological polar surface area (TPSA) is 75.4 Å². The Balaban J connectivity index is 2.35. The maximum Gasteiger partial charge on any atom is 0.404 e. The van der Waals surface area contributed by atoms with Crippen LogP contribution in [0.1, 0.15) is 5.69 Å². The Labute approximate surface area is 56.7 Å². The lowest BCUT2D eigenvalue weighted by atomic mass is 10.5. The first kappa shape index (κ1) is 6.60. The van der Waals surface area contributed by atoms with Gasteiger partial charge in [-0.25, -0.2) is 9.78 Å². The van der Waals surface area contributed by atoms with E-state index in [1.54, 1.807) is 0 Å². The third-order valence-corrected chi connectivity index (χ3v) is 0.904. The van der Waals surface area contributed by atoms with E-state index in [9.17, 15) is 4.79 Å². The summed E-state index contributed by atoms with van der Waals surface area (Å²) >= 11 is 0. The summed E-state index contributed by atoms with van der Waals surface area (Å²) in [7, 11) is 0. The highest BCUT2D eigenvalue weighted by atomic mass is 16.4. The smallest absolute Gasteiger partial charge is 0.404 e. The van der Waals surface area contributed by atoms with E-state index < -0.39 is 6.09 Å². The minimum Gasteiger partial charge on any atom is -0.465 e. The first-order chi connectivity index (χ1) is 4.79. The fourth-order valence-corrected chi connectivity index (χ4v) is 0.491. The largest absolute Gasteiger partial charge is 0.465 e. The number of aromatic nitrogens is 1. The van der Waals surface area contributed by atoms with Gasteiger partial charge >= 0.3 is 6.09 Å². The molecule has 0 aliphatic carbocycles. The monoisotopic (exact) mass is 142 g/mol. The Bertz CT molecular complexity index is 207. The Kier molecular flexibility index (Phi) is 1.89. The summed E-state index contributed by atoms with van der Waals surface area (Å²) in [6.45, 7) is 0.186. The molecule has 1 rings (SSSR count). The van der Waals surface area contributed by atoms with Gasteiger partial charge in [-0.3, -0.25) is 0 Å². The summed E-state index contributed by atoms with van der Waals surface area (Å²) in [5, 5.41) is 10.3. The van der Waals surface area contributed by atoms with Crippen LogP contribution in [0.25, 0.3) is 0 Å². The van der Waals surface area contributed by atoms with Crippen LogP contribution >= 0.6 is 0 Å². The minimum absolute atomic E-state index is 0.186. The molecule has 2 N–H and O–H groups in total. The molecule has 0 radical (unpaired) electrons. The average Bonchev–Trinajstić information content (AvgIpc) is 2.34. The van der Waals surface area contributed by atoms with Crippen LogP contribution in [0.15, 0.2) is 17.1 Å². The molecule has 0 atom stereocenters. The van der Waals surface area contributed by atoms with Gasteiger partial charge in [-0.1, -0.05) is 0 Å². The van der Waals surface area contributed by atoms with Crippen molar-refractivity contribution in [3.05, 3.63) is 18.4 Å². The lowest BCUT2D eigenvalue weighted by Gasteiger charge is -1.92. The van der Waals surface area contributed by atoms with Crippen molar-refractivity contribution in [3.63, 3.8) is 0 Å². The molecule has 1 aromatic heterocycles. The zero-order valence-electron chi connectivity index (χ0n) is 5.07. The van der Waals surface area contributed by atoms with Crippen LogP contribution in [0.2, 0.25) is 0 Å². The number of nitrogens with zero attached hydrogens (tertiary/aromatic N) is 1. The number of rotatable bonds is 2. The van der Waals surface area contributed by atoms with E-state index in [-0.39, 0.29) is 6.54 Å². The summed E-state index contributed by atoms with van der Waals surface area (Å²) in [6.07, 6.45) is 1.57. The normalized spacial score (nSPS) is 9.20. The zero-order valence-corrected chi connectivity index (χ0v) is 5.07. The van der Waals surface area contributed by atoms with E-state index in [4.69, 9.17) is 5.11 Å². The number of amides is 1. The first-order valence-corrected chi connectivity index (χ1v) is 2.63. The van der Waals surface area contributed by atoms with Gasteiger partial charge in [0, 0.05) is 0 Å². The second kappa shape index (κ2) is 2.86. The maximum absolute atomic E-state index is 9.92. The van der Waals surface area contributed by atoms with E-state index in [1.807, 2.05) is 0 Å². The highest BCUT2D eigenvalue weighted by Crippen LogP contribution is 1.91. The Morgan fingerprint density at radius 1 is 1.90 bits per heavy atom. The molecule has 0 aliphatic rings. The van der Waals surface area contributed by atoms with Crippen molar-refractivity contribution in [3.8, 4) is 0 Å². The van der Waals surface area contributed by atoms with Crippen LogP contribution in [0, 0.1) is 0 Å². The van der Waals surface area contributed by atoms with Crippen molar-refractivity contribution in [2.24, 2.45) is 0 Å². The van der Waals surface area contributed by atoms with Crippen LogP contribution < -0.4 is 5.32 Å². The maximum atomic E-state index is 9.92. The fourth-order valence-electron chi connectivity index (χ4n) is 0.491. The number of carbonyl (C=O) groups is 1. The molecule has 1 heterocycles. The highest BCUT2D eigenvalue weighted by molar-refractivity contribution is 5.64. The molecule has 0 unspecified atom stereocenters. The van der Waals surface area contributed by atoms with E-state index in [0.29, 0.717) is 5.69 Å². The molecule has 54 valence electrons. The summed E-state index contributed by atoms with van der Waals surface area (Å²) in [4.78, 5) is 13.6. The minimum atomic E-state index is -1.07. The predicted octanol–water partition coefficient (Wildman–Crippen LogP) is 0.442. The van der Waals surface area contributed by atoms with Crippen molar-refractivity contribution in [1.29, 1.82) is 0 Å². The first-order valence-electron chi connectivity index (χ1n) is 2.63. The van der Waals surface area contributed by atoms with Crippen molar-refractivity contribution in [2.45, 2.75) is 6.54 Å². The average molecular weight is 142 g/mol. The highest BCUT2D eigenvalue weighted by Gasteiger charge is 1.97. The second-order valence-electron chi connectivity index (χ2n) is 1.64. The molecule has 5 nitrogen and oxygen atoms in total. The standard InChI is InChI=1S/C5H6N2O3/c8-5(9)6-1-4-2-10-3-7-4/h2-3,6H,1H2,(H,8,9). The SMILES string of the molecule is O=C(O)NCc1cocn1. The van der Waals surface area contributed by atoms with E-state index in [0.717, 1.165) is 0 Å². The van der Waals surface area contributed by atoms with Gasteiger partial charge in [-0.2, -0.15) is 0 Å². The van der Waals surface area contributed by atoms with Crippen LogP contribution in [0.5, 0.6) is 0 Å². The van der Waals surface area contributed by atoms with Gasteiger partial charge in [0.1, 0.15) is 6.26 Å². The quantitative estimate of drug-likeness (QED) is 0.628. The van der Waals surface area contributed by atoms with E-state index in [1.165, 1.54) is 12.7 Å². The van der Waals surface area contributed by atoms with Gasteiger partial charge < -0.3 is 14.8 Å². The fraction of sp³-hybridized carbons (Fsp3) is 0.200. The Hall–Kier alpha value is -1.52. The number of carboxylic acid groups (broad SMARTS) is 1. The molecule has 1 aromatic rings. The van der Waals surface area contributed by atoms with E-state index in [2.05, 4.69) is 14.7 Å². The van der Waals surface area contributed by atoms with Crippen molar-refractivity contribution in [1.82, 2.24) is 10.3 Å². The van der Waals surface area contributed by atoms with Gasteiger partial charge in [-0.15, -0.1) is 0 Å². The lowest BCUT2D eigenvalue weighted by molar-refractivity contribution is 0.194. The molecule has 0 bridgehead atoms. The Morgan fingerprint density at radius 2 is 2.70 bits per heavy atom. The van der Waals surface area contributed by atoms with Gasteiger partial charge in [0.2, 0.25) is 0 Å². The van der Waals surface area contributed by atoms with Crippen molar-refractivity contribution >= 4 is 6.09 Å². The number of nitrogens with one attached hydrogen (secondary N) is 1. The van der Waals surface area contributed by atoms with Gasteiger partial charge in [0.15, 0.2) is 6.39 Å². The molecule has 0 aliphatic heterocycles. The molecule has 5 heteroatoms. The summed E-state index contributed by atoms with van der Waals surface area (Å²) in [5.74, 6) is 0. The van der Waals surface area contributed by atoms with Gasteiger partial charge in [0.25, 0.3) is 0 Å². The molecule has 0 fully saturated rings. The molecular weight excluding hydrogens is 136 g/mol. The summed E-state index contributed by atoms with van der Waals surface area (Å²) in [5.41, 5.74) is 0.572. The predicted molar refractivity (Wildman–Crippen MR) is 31.4 cm³/mol. The van der Waals surface area contributed by atoms with Crippen LogP contribution in [-0.4, -0.2) is 16.2 Å². The molecule has 0 saturated heterocycles. The number of hydrogen-bond acceptors (Lipinski definition) is 3.